The SMILES string of the molecule is CC(=O)Nc1ccc(C2=C(O)C(=O)N(Cc3cccc(C(F)(F)F)c3)C2=O)cc1. The molecule has 1 heterocycles. The molecule has 0 radical (unpaired) electrons. The minimum Gasteiger partial charge on any atom is -0.502 e. The van der Waals surface area contributed by atoms with Gasteiger partial charge >= 0.3 is 6.18 Å². The van der Waals surface area contributed by atoms with Crippen molar-refractivity contribution in [3.8, 4) is 0 Å². The van der Waals surface area contributed by atoms with Crippen LogP contribution in [-0.4, -0.2) is 27.7 Å². The zero-order chi connectivity index (χ0) is 21.3. The average molecular weight is 404 g/mol. The van der Waals surface area contributed by atoms with Crippen molar-refractivity contribution in [2.24, 2.45) is 0 Å². The Hall–Kier alpha value is -3.62. The highest BCUT2D eigenvalue weighted by Gasteiger charge is 2.39. The molecule has 3 amide bonds. The van der Waals surface area contributed by atoms with Crippen LogP contribution < -0.4 is 5.32 Å². The summed E-state index contributed by atoms with van der Waals surface area (Å²) >= 11 is 0. The maximum Gasteiger partial charge on any atom is 0.416 e. The maximum atomic E-state index is 12.9. The Balaban J connectivity index is 1.84. The van der Waals surface area contributed by atoms with Crippen LogP contribution >= 0.6 is 0 Å². The molecule has 0 saturated carbocycles. The fourth-order valence-electron chi connectivity index (χ4n) is 2.92. The molecule has 0 spiro atoms. The predicted octanol–water partition coefficient (Wildman–Crippen LogP) is 3.50. The van der Waals surface area contributed by atoms with Crippen molar-refractivity contribution >= 4 is 29.0 Å². The Bertz CT molecular complexity index is 1030. The first-order chi connectivity index (χ1) is 13.6. The molecule has 0 saturated heterocycles. The van der Waals surface area contributed by atoms with Crippen LogP contribution in [0, 0.1) is 0 Å². The van der Waals surface area contributed by atoms with Crippen molar-refractivity contribution in [2.45, 2.75) is 19.6 Å². The van der Waals surface area contributed by atoms with E-state index in [0.29, 0.717) is 10.6 Å². The fourth-order valence-corrected chi connectivity index (χ4v) is 2.92. The van der Waals surface area contributed by atoms with E-state index in [2.05, 4.69) is 5.32 Å². The largest absolute Gasteiger partial charge is 0.502 e. The lowest BCUT2D eigenvalue weighted by atomic mass is 10.0. The van der Waals surface area contributed by atoms with Crippen molar-refractivity contribution in [1.29, 1.82) is 0 Å². The zero-order valence-electron chi connectivity index (χ0n) is 15.1. The van der Waals surface area contributed by atoms with Gasteiger partial charge in [0.25, 0.3) is 11.8 Å². The average Bonchev–Trinajstić information content (AvgIpc) is 2.85. The molecule has 0 aromatic heterocycles. The van der Waals surface area contributed by atoms with E-state index in [9.17, 15) is 32.7 Å². The van der Waals surface area contributed by atoms with Crippen molar-refractivity contribution in [3.63, 3.8) is 0 Å². The predicted molar refractivity (Wildman–Crippen MR) is 97.3 cm³/mol. The van der Waals surface area contributed by atoms with E-state index in [4.69, 9.17) is 0 Å². The normalized spacial score (nSPS) is 14.6. The van der Waals surface area contributed by atoms with Gasteiger partial charge in [0.15, 0.2) is 5.76 Å². The van der Waals surface area contributed by atoms with Gasteiger partial charge in [0.2, 0.25) is 5.91 Å². The molecule has 0 atom stereocenters. The lowest BCUT2D eigenvalue weighted by Gasteiger charge is -2.16. The molecule has 2 aromatic rings. The number of hydrogen-bond donors (Lipinski definition) is 2. The number of benzene rings is 2. The van der Waals surface area contributed by atoms with E-state index in [1.807, 2.05) is 0 Å². The van der Waals surface area contributed by atoms with E-state index in [1.54, 1.807) is 0 Å². The van der Waals surface area contributed by atoms with Gasteiger partial charge < -0.3 is 10.4 Å². The first kappa shape index (κ1) is 20.1. The van der Waals surface area contributed by atoms with Crippen molar-refractivity contribution < 1.29 is 32.7 Å². The third kappa shape index (κ3) is 4.13. The molecule has 1 aliphatic rings. The quantitative estimate of drug-likeness (QED) is 0.764. The molecule has 0 unspecified atom stereocenters. The van der Waals surface area contributed by atoms with Gasteiger partial charge in [-0.1, -0.05) is 24.3 Å². The number of alkyl halides is 3. The van der Waals surface area contributed by atoms with Gasteiger partial charge in [0.05, 0.1) is 17.7 Å². The molecule has 9 heteroatoms. The van der Waals surface area contributed by atoms with Crippen LogP contribution in [0.25, 0.3) is 5.57 Å². The summed E-state index contributed by atoms with van der Waals surface area (Å²) in [6.45, 7) is 0.909. The number of amides is 3. The second kappa shape index (κ2) is 7.42. The number of carbonyl (C=O) groups is 3. The van der Waals surface area contributed by atoms with Gasteiger partial charge in [-0.05, 0) is 35.4 Å². The summed E-state index contributed by atoms with van der Waals surface area (Å²) in [6, 6.07) is 10.1. The van der Waals surface area contributed by atoms with Crippen LogP contribution in [0.3, 0.4) is 0 Å². The van der Waals surface area contributed by atoms with Gasteiger partial charge in [0.1, 0.15) is 0 Å². The minimum absolute atomic E-state index is 0.0941. The molecule has 0 aliphatic carbocycles. The van der Waals surface area contributed by atoms with Crippen LogP contribution in [0.5, 0.6) is 0 Å². The van der Waals surface area contributed by atoms with E-state index in [0.717, 1.165) is 12.1 Å². The summed E-state index contributed by atoms with van der Waals surface area (Å²) in [5, 5.41) is 12.7. The van der Waals surface area contributed by atoms with Crippen LogP contribution in [-0.2, 0) is 27.1 Å². The second-order valence-corrected chi connectivity index (χ2v) is 6.38. The highest BCUT2D eigenvalue weighted by atomic mass is 19.4. The number of rotatable bonds is 4. The third-order valence-electron chi connectivity index (χ3n) is 4.23. The summed E-state index contributed by atoms with van der Waals surface area (Å²) in [4.78, 5) is 36.7. The molecule has 0 bridgehead atoms. The smallest absolute Gasteiger partial charge is 0.416 e. The molecular weight excluding hydrogens is 389 g/mol. The highest BCUT2D eigenvalue weighted by Crippen LogP contribution is 2.32. The summed E-state index contributed by atoms with van der Waals surface area (Å²) in [5.41, 5.74) is -0.367. The van der Waals surface area contributed by atoms with Crippen LogP contribution in [0.1, 0.15) is 23.6 Å². The molecule has 0 fully saturated rings. The number of carbonyl (C=O) groups excluding carboxylic acids is 3. The molecule has 3 rings (SSSR count). The molecule has 1 aliphatic heterocycles. The Morgan fingerprint density at radius 1 is 1.07 bits per heavy atom. The van der Waals surface area contributed by atoms with Gasteiger partial charge in [0, 0.05) is 12.6 Å². The summed E-state index contributed by atoms with van der Waals surface area (Å²) in [6.07, 6.45) is -4.56. The van der Waals surface area contributed by atoms with E-state index in [1.165, 1.54) is 43.3 Å². The van der Waals surface area contributed by atoms with Crippen molar-refractivity contribution in [3.05, 3.63) is 71.0 Å². The maximum absolute atomic E-state index is 12.9. The number of aliphatic hydroxyl groups is 1. The second-order valence-electron chi connectivity index (χ2n) is 6.38. The van der Waals surface area contributed by atoms with Crippen molar-refractivity contribution in [2.75, 3.05) is 5.32 Å². The van der Waals surface area contributed by atoms with E-state index in [-0.39, 0.29) is 22.6 Å². The Morgan fingerprint density at radius 2 is 1.72 bits per heavy atom. The fraction of sp³-hybridized carbons (Fsp3) is 0.150. The number of hydrogen-bond acceptors (Lipinski definition) is 4. The lowest BCUT2D eigenvalue weighted by Crippen LogP contribution is -2.31. The van der Waals surface area contributed by atoms with Gasteiger partial charge in [-0.25, -0.2) is 0 Å². The van der Waals surface area contributed by atoms with E-state index >= 15 is 0 Å². The summed E-state index contributed by atoms with van der Waals surface area (Å²) in [7, 11) is 0. The number of anilines is 1. The number of imide groups is 1. The Labute approximate surface area is 163 Å². The summed E-state index contributed by atoms with van der Waals surface area (Å²) in [5.74, 6) is -2.89. The topological polar surface area (TPSA) is 86.7 Å². The van der Waals surface area contributed by atoms with E-state index < -0.39 is 35.9 Å². The lowest BCUT2D eigenvalue weighted by molar-refractivity contribution is -0.138. The van der Waals surface area contributed by atoms with Gasteiger partial charge in [-0.3, -0.25) is 19.3 Å². The zero-order valence-corrected chi connectivity index (χ0v) is 15.1. The Morgan fingerprint density at radius 3 is 2.31 bits per heavy atom. The molecular formula is C20H15F3N2O4. The van der Waals surface area contributed by atoms with Crippen LogP contribution in [0.4, 0.5) is 18.9 Å². The van der Waals surface area contributed by atoms with Crippen LogP contribution in [0.2, 0.25) is 0 Å². The molecule has 29 heavy (non-hydrogen) atoms. The van der Waals surface area contributed by atoms with Crippen molar-refractivity contribution in [1.82, 2.24) is 4.90 Å². The number of nitrogens with one attached hydrogen (secondary N) is 1. The Kier molecular flexibility index (Phi) is 5.15. The number of aliphatic hydroxyl groups excluding tert-OH is 1. The van der Waals surface area contributed by atoms with Gasteiger partial charge in [-0.2, -0.15) is 13.2 Å². The number of halogens is 3. The highest BCUT2D eigenvalue weighted by molar-refractivity contribution is 6.34. The number of nitrogens with zero attached hydrogens (tertiary/aromatic N) is 1. The first-order valence-electron chi connectivity index (χ1n) is 8.41. The minimum atomic E-state index is -4.56. The third-order valence-corrected chi connectivity index (χ3v) is 4.23. The summed E-state index contributed by atoms with van der Waals surface area (Å²) < 4.78 is 38.6. The molecule has 2 aromatic carbocycles. The molecule has 150 valence electrons. The van der Waals surface area contributed by atoms with Crippen LogP contribution in [0.15, 0.2) is 54.3 Å². The van der Waals surface area contributed by atoms with Gasteiger partial charge in [-0.15, -0.1) is 0 Å². The molecule has 2 N–H and O–H groups in total. The monoisotopic (exact) mass is 404 g/mol. The molecule has 6 nitrogen and oxygen atoms in total. The first-order valence-corrected chi connectivity index (χ1v) is 8.41. The standard InChI is InChI=1S/C20H15F3N2O4/c1-11(26)24-15-7-5-13(6-8-15)16-17(27)19(29)25(18(16)28)10-12-3-2-4-14(9-12)20(21,22)23/h2-9,27H,10H2,1H3,(H,24,26).